The van der Waals surface area contributed by atoms with Crippen LogP contribution in [0.15, 0.2) is 29.2 Å². The number of rotatable bonds is 5. The van der Waals surface area contributed by atoms with Gasteiger partial charge in [0.25, 0.3) is 11.5 Å². The van der Waals surface area contributed by atoms with Crippen LogP contribution < -0.4 is 10.9 Å². The van der Waals surface area contributed by atoms with E-state index in [1.807, 2.05) is 6.92 Å². The van der Waals surface area contributed by atoms with E-state index in [4.69, 9.17) is 0 Å². The monoisotopic (exact) mass is 275 g/mol. The van der Waals surface area contributed by atoms with E-state index in [0.29, 0.717) is 17.5 Å². The van der Waals surface area contributed by atoms with Crippen molar-refractivity contribution in [1.82, 2.24) is 15.3 Å². The first kappa shape index (κ1) is 14.2. The van der Waals surface area contributed by atoms with Crippen LogP contribution in [0.25, 0.3) is 11.0 Å². The van der Waals surface area contributed by atoms with Gasteiger partial charge in [-0.05, 0) is 24.6 Å². The summed E-state index contributed by atoms with van der Waals surface area (Å²) in [5.74, 6) is -0.494. The van der Waals surface area contributed by atoms with Gasteiger partial charge < -0.3 is 15.4 Å². The minimum absolute atomic E-state index is 0.00533. The maximum absolute atomic E-state index is 12.1. The molecule has 1 unspecified atom stereocenters. The van der Waals surface area contributed by atoms with Crippen molar-refractivity contribution < 1.29 is 9.90 Å². The third-order valence-electron chi connectivity index (χ3n) is 3.05. The standard InChI is InChI=1S/C14H17N3O3/c1-2-4-9(8-18)16-13(19)10-7-12-11(17-14(10)20)5-3-6-15-12/h3,5-7,9,18H,2,4,8H2,1H3,(H,16,19)(H,17,20). The molecule has 1 atom stereocenters. The second-order valence-corrected chi connectivity index (χ2v) is 4.59. The first-order chi connectivity index (χ1) is 9.65. The molecule has 0 fully saturated rings. The molecule has 2 aromatic heterocycles. The summed E-state index contributed by atoms with van der Waals surface area (Å²) in [6, 6.07) is 4.55. The van der Waals surface area contributed by atoms with Gasteiger partial charge in [-0.1, -0.05) is 13.3 Å². The molecule has 0 saturated carbocycles. The van der Waals surface area contributed by atoms with E-state index in [-0.39, 0.29) is 18.2 Å². The van der Waals surface area contributed by atoms with Gasteiger partial charge in [0.05, 0.1) is 23.7 Å². The van der Waals surface area contributed by atoms with Crippen molar-refractivity contribution in [2.24, 2.45) is 0 Å². The molecule has 2 aromatic rings. The van der Waals surface area contributed by atoms with Crippen LogP contribution in [0.4, 0.5) is 0 Å². The van der Waals surface area contributed by atoms with Gasteiger partial charge in [0.2, 0.25) is 0 Å². The van der Waals surface area contributed by atoms with Gasteiger partial charge in [-0.2, -0.15) is 0 Å². The fourth-order valence-corrected chi connectivity index (χ4v) is 2.02. The van der Waals surface area contributed by atoms with Gasteiger partial charge in [0.15, 0.2) is 0 Å². The van der Waals surface area contributed by atoms with E-state index >= 15 is 0 Å². The summed E-state index contributed by atoms with van der Waals surface area (Å²) in [7, 11) is 0. The molecule has 0 radical (unpaired) electrons. The number of aromatic nitrogens is 2. The van der Waals surface area contributed by atoms with Crippen LogP contribution in [-0.2, 0) is 0 Å². The normalized spacial score (nSPS) is 12.3. The Bertz CT molecular complexity index is 666. The predicted molar refractivity (Wildman–Crippen MR) is 75.6 cm³/mol. The molecule has 20 heavy (non-hydrogen) atoms. The number of carbonyl (C=O) groups is 1. The smallest absolute Gasteiger partial charge is 0.261 e. The summed E-state index contributed by atoms with van der Waals surface area (Å²) in [4.78, 5) is 30.7. The Labute approximate surface area is 115 Å². The SMILES string of the molecule is CCCC(CO)NC(=O)c1cc2ncccc2[nH]c1=O. The summed E-state index contributed by atoms with van der Waals surface area (Å²) in [6.07, 6.45) is 3.09. The number of amides is 1. The lowest BCUT2D eigenvalue weighted by molar-refractivity contribution is 0.0911. The van der Waals surface area contributed by atoms with Crippen LogP contribution in [0.5, 0.6) is 0 Å². The molecule has 0 aliphatic carbocycles. The van der Waals surface area contributed by atoms with Crippen molar-refractivity contribution in [3.63, 3.8) is 0 Å². The van der Waals surface area contributed by atoms with Gasteiger partial charge in [-0.15, -0.1) is 0 Å². The van der Waals surface area contributed by atoms with Crippen molar-refractivity contribution >= 4 is 16.9 Å². The number of H-pyrrole nitrogens is 1. The Hall–Kier alpha value is -2.21. The first-order valence-corrected chi connectivity index (χ1v) is 6.55. The lowest BCUT2D eigenvalue weighted by Gasteiger charge is -2.15. The summed E-state index contributed by atoms with van der Waals surface area (Å²) in [6.45, 7) is 1.81. The Morgan fingerprint density at radius 2 is 2.35 bits per heavy atom. The van der Waals surface area contributed by atoms with E-state index < -0.39 is 11.5 Å². The third kappa shape index (κ3) is 3.03. The van der Waals surface area contributed by atoms with Crippen molar-refractivity contribution in [2.45, 2.75) is 25.8 Å². The topological polar surface area (TPSA) is 95.1 Å². The lowest BCUT2D eigenvalue weighted by Crippen LogP contribution is -2.39. The third-order valence-corrected chi connectivity index (χ3v) is 3.05. The number of pyridine rings is 2. The molecule has 0 spiro atoms. The van der Waals surface area contributed by atoms with Crippen molar-refractivity contribution in [1.29, 1.82) is 0 Å². The number of hydrogen-bond donors (Lipinski definition) is 3. The lowest BCUT2D eigenvalue weighted by atomic mass is 10.1. The average Bonchev–Trinajstić information content (AvgIpc) is 2.45. The highest BCUT2D eigenvalue weighted by atomic mass is 16.3. The first-order valence-electron chi connectivity index (χ1n) is 6.55. The molecule has 0 aromatic carbocycles. The summed E-state index contributed by atoms with van der Waals surface area (Å²) in [5.41, 5.74) is 0.677. The Morgan fingerprint density at radius 3 is 3.05 bits per heavy atom. The number of hydrogen-bond acceptors (Lipinski definition) is 4. The zero-order valence-electron chi connectivity index (χ0n) is 11.2. The molecule has 0 bridgehead atoms. The van der Waals surface area contributed by atoms with Gasteiger partial charge in [-0.3, -0.25) is 14.6 Å². The maximum atomic E-state index is 12.1. The predicted octanol–water partition coefficient (Wildman–Crippen LogP) is 0.814. The van der Waals surface area contributed by atoms with E-state index in [9.17, 15) is 14.7 Å². The number of aliphatic hydroxyl groups excluding tert-OH is 1. The highest BCUT2D eigenvalue weighted by Crippen LogP contribution is 2.07. The average molecular weight is 275 g/mol. The highest BCUT2D eigenvalue weighted by molar-refractivity contribution is 5.96. The molecular weight excluding hydrogens is 258 g/mol. The van der Waals surface area contributed by atoms with Crippen LogP contribution >= 0.6 is 0 Å². The van der Waals surface area contributed by atoms with Gasteiger partial charge >= 0.3 is 0 Å². The molecule has 0 aliphatic rings. The number of aromatic amines is 1. The van der Waals surface area contributed by atoms with Crippen LogP contribution in [-0.4, -0.2) is 33.6 Å². The van der Waals surface area contributed by atoms with Crippen molar-refractivity contribution in [3.05, 3.63) is 40.3 Å². The van der Waals surface area contributed by atoms with E-state index in [1.54, 1.807) is 18.3 Å². The number of fused-ring (bicyclic) bond motifs is 1. The van der Waals surface area contributed by atoms with Gasteiger partial charge in [0, 0.05) is 6.20 Å². The largest absolute Gasteiger partial charge is 0.394 e. The van der Waals surface area contributed by atoms with Crippen LogP contribution in [0, 0.1) is 0 Å². The van der Waals surface area contributed by atoms with Crippen molar-refractivity contribution in [3.8, 4) is 0 Å². The maximum Gasteiger partial charge on any atom is 0.261 e. The number of aliphatic hydroxyl groups is 1. The minimum Gasteiger partial charge on any atom is -0.394 e. The molecule has 1 amide bonds. The van der Waals surface area contributed by atoms with Crippen LogP contribution in [0.2, 0.25) is 0 Å². The summed E-state index contributed by atoms with van der Waals surface area (Å²) in [5, 5.41) is 11.8. The van der Waals surface area contributed by atoms with Gasteiger partial charge in [-0.25, -0.2) is 0 Å². The number of nitrogens with zero attached hydrogens (tertiary/aromatic N) is 1. The highest BCUT2D eigenvalue weighted by Gasteiger charge is 2.16. The second kappa shape index (κ2) is 6.29. The minimum atomic E-state index is -0.494. The molecule has 3 N–H and O–H groups in total. The van der Waals surface area contributed by atoms with E-state index in [0.717, 1.165) is 6.42 Å². The van der Waals surface area contributed by atoms with Crippen LogP contribution in [0.1, 0.15) is 30.1 Å². The van der Waals surface area contributed by atoms with Crippen LogP contribution in [0.3, 0.4) is 0 Å². The van der Waals surface area contributed by atoms with E-state index in [1.165, 1.54) is 6.07 Å². The zero-order chi connectivity index (χ0) is 14.5. The number of nitrogens with one attached hydrogen (secondary N) is 2. The zero-order valence-corrected chi connectivity index (χ0v) is 11.2. The Kier molecular flexibility index (Phi) is 4.47. The van der Waals surface area contributed by atoms with Gasteiger partial charge in [0.1, 0.15) is 5.56 Å². The molecule has 2 heterocycles. The fourth-order valence-electron chi connectivity index (χ4n) is 2.02. The quantitative estimate of drug-likeness (QED) is 0.752. The molecule has 0 aliphatic heterocycles. The number of carbonyl (C=O) groups excluding carboxylic acids is 1. The molecule has 106 valence electrons. The Morgan fingerprint density at radius 1 is 1.55 bits per heavy atom. The Balaban J connectivity index is 2.30. The molecule has 6 heteroatoms. The molecule has 6 nitrogen and oxygen atoms in total. The molecule has 2 rings (SSSR count). The summed E-state index contributed by atoms with van der Waals surface area (Å²) >= 11 is 0. The molecular formula is C14H17N3O3. The molecule has 0 saturated heterocycles. The fraction of sp³-hybridized carbons (Fsp3) is 0.357. The second-order valence-electron chi connectivity index (χ2n) is 4.59. The van der Waals surface area contributed by atoms with E-state index in [2.05, 4.69) is 15.3 Å². The summed E-state index contributed by atoms with van der Waals surface area (Å²) < 4.78 is 0. The van der Waals surface area contributed by atoms with Crippen molar-refractivity contribution in [2.75, 3.05) is 6.61 Å².